The number of alkyl halides is 2. The molecule has 0 bridgehead atoms. The van der Waals surface area contributed by atoms with Gasteiger partial charge in [0.25, 0.3) is 6.43 Å². The van der Waals surface area contributed by atoms with Crippen molar-refractivity contribution in [2.24, 2.45) is 0 Å². The number of nitrogen functional groups attached to an aromatic ring is 1. The van der Waals surface area contributed by atoms with Gasteiger partial charge in [-0.25, -0.2) is 13.9 Å². The predicted molar refractivity (Wildman–Crippen MR) is 61.1 cm³/mol. The summed E-state index contributed by atoms with van der Waals surface area (Å²) in [5.41, 5.74) is 6.86. The molecule has 0 aromatic carbocycles. The molecule has 0 amide bonds. The molecule has 0 spiro atoms. The number of aromatic amines is 1. The Morgan fingerprint density at radius 3 is 2.94 bits per heavy atom. The summed E-state index contributed by atoms with van der Waals surface area (Å²) < 4.78 is 25.6. The zero-order chi connectivity index (χ0) is 13.1. The van der Waals surface area contributed by atoms with Gasteiger partial charge in [-0.05, 0) is 6.92 Å². The van der Waals surface area contributed by atoms with Gasteiger partial charge in [0.2, 0.25) is 11.9 Å². The quantitative estimate of drug-likeness (QED) is 0.735. The molecule has 2 aromatic rings. The van der Waals surface area contributed by atoms with Crippen LogP contribution in [0.4, 0.5) is 20.7 Å². The lowest BCUT2D eigenvalue weighted by atomic mass is 10.3. The van der Waals surface area contributed by atoms with Crippen molar-refractivity contribution < 1.29 is 8.78 Å². The summed E-state index contributed by atoms with van der Waals surface area (Å²) in [7, 11) is 0. The van der Waals surface area contributed by atoms with Crippen molar-refractivity contribution >= 4 is 11.9 Å². The number of halogens is 2. The van der Waals surface area contributed by atoms with Crippen LogP contribution in [-0.2, 0) is 13.1 Å². The smallest absolute Gasteiger partial charge is 0.257 e. The first-order valence-electron chi connectivity index (χ1n) is 5.27. The number of hydrogen-bond donors (Lipinski definition) is 3. The fraction of sp³-hybridized carbons (Fsp3) is 0.444. The Morgan fingerprint density at radius 1 is 1.56 bits per heavy atom. The van der Waals surface area contributed by atoms with Crippen molar-refractivity contribution in [1.29, 1.82) is 0 Å². The molecule has 0 aliphatic heterocycles. The molecule has 2 rings (SSSR count). The molecule has 0 radical (unpaired) electrons. The first-order valence-corrected chi connectivity index (χ1v) is 5.27. The van der Waals surface area contributed by atoms with Gasteiger partial charge in [-0.2, -0.15) is 10.1 Å². The lowest BCUT2D eigenvalue weighted by Crippen LogP contribution is -2.06. The van der Waals surface area contributed by atoms with Gasteiger partial charge in [-0.1, -0.05) is 0 Å². The molecule has 2 aromatic heterocycles. The Morgan fingerprint density at radius 2 is 2.33 bits per heavy atom. The third-order valence-electron chi connectivity index (χ3n) is 2.31. The standard InChI is InChI=1S/C9H13F2N7/c1-5-6(3-18(17-5)4-7(10)11)2-13-9-14-8(12)15-16-9/h3,7H,2,4H2,1H3,(H4,12,13,14,15,16). The van der Waals surface area contributed by atoms with Crippen molar-refractivity contribution in [3.63, 3.8) is 0 Å². The van der Waals surface area contributed by atoms with Crippen LogP contribution < -0.4 is 11.1 Å². The normalized spacial score (nSPS) is 11.1. The molecule has 0 saturated heterocycles. The Hall–Kier alpha value is -2.19. The second kappa shape index (κ2) is 4.98. The average molecular weight is 257 g/mol. The minimum Gasteiger partial charge on any atom is -0.368 e. The van der Waals surface area contributed by atoms with Crippen LogP contribution in [0.3, 0.4) is 0 Å². The molecule has 18 heavy (non-hydrogen) atoms. The van der Waals surface area contributed by atoms with E-state index in [4.69, 9.17) is 5.73 Å². The van der Waals surface area contributed by atoms with Crippen LogP contribution in [0.1, 0.15) is 11.3 Å². The van der Waals surface area contributed by atoms with Crippen LogP contribution >= 0.6 is 0 Å². The highest BCUT2D eigenvalue weighted by Gasteiger charge is 2.09. The predicted octanol–water partition coefficient (Wildman–Crippen LogP) is 0.769. The summed E-state index contributed by atoms with van der Waals surface area (Å²) in [6.07, 6.45) is -0.845. The van der Waals surface area contributed by atoms with Crippen LogP contribution in [0.5, 0.6) is 0 Å². The Labute approximate surface area is 101 Å². The van der Waals surface area contributed by atoms with Gasteiger partial charge in [0.05, 0.1) is 5.69 Å². The topological polar surface area (TPSA) is 97.4 Å². The third-order valence-corrected chi connectivity index (χ3v) is 2.31. The van der Waals surface area contributed by atoms with Gasteiger partial charge in [0, 0.05) is 18.3 Å². The molecule has 0 atom stereocenters. The van der Waals surface area contributed by atoms with Crippen molar-refractivity contribution in [3.8, 4) is 0 Å². The number of H-pyrrole nitrogens is 1. The Bertz CT molecular complexity index is 519. The minimum absolute atomic E-state index is 0.211. The fourth-order valence-corrected chi connectivity index (χ4v) is 1.50. The SMILES string of the molecule is Cc1nn(CC(F)F)cc1CNc1n[nH]c(N)n1. The van der Waals surface area contributed by atoms with Gasteiger partial charge < -0.3 is 11.1 Å². The monoisotopic (exact) mass is 257 g/mol. The molecule has 0 unspecified atom stereocenters. The van der Waals surface area contributed by atoms with Gasteiger partial charge in [0.1, 0.15) is 6.54 Å². The van der Waals surface area contributed by atoms with E-state index in [1.54, 1.807) is 13.1 Å². The van der Waals surface area contributed by atoms with Crippen molar-refractivity contribution in [1.82, 2.24) is 25.0 Å². The second-order valence-corrected chi connectivity index (χ2v) is 3.75. The first-order chi connectivity index (χ1) is 8.54. The molecular weight excluding hydrogens is 244 g/mol. The third kappa shape index (κ3) is 2.93. The maximum Gasteiger partial charge on any atom is 0.257 e. The van der Waals surface area contributed by atoms with Gasteiger partial charge in [-0.3, -0.25) is 4.68 Å². The van der Waals surface area contributed by atoms with Crippen LogP contribution in [0.2, 0.25) is 0 Å². The van der Waals surface area contributed by atoms with Gasteiger partial charge >= 0.3 is 0 Å². The summed E-state index contributed by atoms with van der Waals surface area (Å²) in [6, 6.07) is 0. The largest absolute Gasteiger partial charge is 0.368 e. The summed E-state index contributed by atoms with van der Waals surface area (Å²) in [4.78, 5) is 3.86. The highest BCUT2D eigenvalue weighted by atomic mass is 19.3. The number of anilines is 2. The van der Waals surface area contributed by atoms with Crippen LogP contribution in [0, 0.1) is 6.92 Å². The maximum absolute atomic E-state index is 12.2. The molecule has 2 heterocycles. The molecule has 0 aliphatic rings. The number of hydrogen-bond acceptors (Lipinski definition) is 5. The van der Waals surface area contributed by atoms with Crippen molar-refractivity contribution in [2.75, 3.05) is 11.1 Å². The number of nitrogens with one attached hydrogen (secondary N) is 2. The Kier molecular flexibility index (Phi) is 3.40. The van der Waals surface area contributed by atoms with Gasteiger partial charge in [-0.15, -0.1) is 5.10 Å². The van der Waals surface area contributed by atoms with E-state index in [0.29, 0.717) is 18.2 Å². The summed E-state index contributed by atoms with van der Waals surface area (Å²) >= 11 is 0. The molecule has 0 aliphatic carbocycles. The highest BCUT2D eigenvalue weighted by molar-refractivity contribution is 5.31. The average Bonchev–Trinajstić information content (AvgIpc) is 2.82. The number of rotatable bonds is 5. The van der Waals surface area contributed by atoms with Crippen molar-refractivity contribution in [3.05, 3.63) is 17.5 Å². The molecular formula is C9H13F2N7. The molecule has 0 saturated carbocycles. The van der Waals surface area contributed by atoms with Crippen LogP contribution in [-0.4, -0.2) is 31.4 Å². The van der Waals surface area contributed by atoms with E-state index in [2.05, 4.69) is 25.6 Å². The van der Waals surface area contributed by atoms with Crippen molar-refractivity contribution in [2.45, 2.75) is 26.4 Å². The van der Waals surface area contributed by atoms with Crippen LogP contribution in [0.15, 0.2) is 6.20 Å². The second-order valence-electron chi connectivity index (χ2n) is 3.75. The fourth-order valence-electron chi connectivity index (χ4n) is 1.50. The van der Waals surface area contributed by atoms with E-state index in [1.165, 1.54) is 4.68 Å². The van der Waals surface area contributed by atoms with E-state index in [9.17, 15) is 8.78 Å². The lowest BCUT2D eigenvalue weighted by molar-refractivity contribution is 0.121. The zero-order valence-corrected chi connectivity index (χ0v) is 9.69. The summed E-state index contributed by atoms with van der Waals surface area (Å²) in [5, 5.41) is 13.2. The first kappa shape index (κ1) is 12.3. The molecule has 98 valence electrons. The van der Waals surface area contributed by atoms with Gasteiger partial charge in [0.15, 0.2) is 0 Å². The number of nitrogens with zero attached hydrogens (tertiary/aromatic N) is 4. The van der Waals surface area contributed by atoms with E-state index >= 15 is 0 Å². The van der Waals surface area contributed by atoms with E-state index in [-0.39, 0.29) is 5.95 Å². The van der Waals surface area contributed by atoms with E-state index in [1.807, 2.05) is 0 Å². The molecule has 4 N–H and O–H groups in total. The number of aryl methyl sites for hydroxylation is 1. The van der Waals surface area contributed by atoms with E-state index in [0.717, 1.165) is 5.56 Å². The summed E-state index contributed by atoms with van der Waals surface area (Å²) in [5.74, 6) is 0.566. The highest BCUT2D eigenvalue weighted by Crippen LogP contribution is 2.09. The maximum atomic E-state index is 12.2. The van der Waals surface area contributed by atoms with E-state index < -0.39 is 13.0 Å². The lowest BCUT2D eigenvalue weighted by Gasteiger charge is -1.99. The Balaban J connectivity index is 1.98. The molecule has 7 nitrogen and oxygen atoms in total. The number of nitrogens with two attached hydrogens (primary N) is 1. The zero-order valence-electron chi connectivity index (χ0n) is 9.69. The number of aromatic nitrogens is 5. The molecule has 9 heteroatoms. The summed E-state index contributed by atoms with van der Waals surface area (Å²) in [6.45, 7) is 1.74. The van der Waals surface area contributed by atoms with Crippen LogP contribution in [0.25, 0.3) is 0 Å². The minimum atomic E-state index is -2.42. The molecule has 0 fully saturated rings.